The van der Waals surface area contributed by atoms with Crippen LogP contribution in [0.25, 0.3) is 0 Å². The molecule has 6 atom stereocenters. The summed E-state index contributed by atoms with van der Waals surface area (Å²) < 4.78 is 68.5. The molecule has 0 aromatic heterocycles. The van der Waals surface area contributed by atoms with Crippen molar-refractivity contribution in [3.8, 4) is 0 Å². The van der Waals surface area contributed by atoms with Crippen LogP contribution in [0.3, 0.4) is 0 Å². The Bertz CT molecular complexity index is 1820. The zero-order valence-corrected chi connectivity index (χ0v) is 63.1. The van der Waals surface area contributed by atoms with Gasteiger partial charge in [-0.2, -0.15) is 0 Å². The fourth-order valence-electron chi connectivity index (χ4n) is 11.4. The van der Waals surface area contributed by atoms with Crippen molar-refractivity contribution in [2.75, 3.05) is 39.6 Å². The first-order valence-corrected chi connectivity index (χ1v) is 42.0. The molecule has 0 aliphatic heterocycles. The van der Waals surface area contributed by atoms with E-state index < -0.39 is 97.5 Å². The number of hydrogen-bond acceptors (Lipinski definition) is 15. The molecule has 0 aliphatic carbocycles. The molecular weight excluding hydrogens is 1230 g/mol. The predicted molar refractivity (Wildman–Crippen MR) is 381 cm³/mol. The van der Waals surface area contributed by atoms with Gasteiger partial charge in [0.2, 0.25) is 0 Å². The summed E-state index contributed by atoms with van der Waals surface area (Å²) in [5.74, 6) is -0.598. The third kappa shape index (κ3) is 67.3. The molecular formula is C75H146O17P2. The van der Waals surface area contributed by atoms with Gasteiger partial charge in [-0.15, -0.1) is 0 Å². The molecule has 0 heterocycles. The van der Waals surface area contributed by atoms with Crippen LogP contribution in [0.2, 0.25) is 0 Å². The molecule has 0 aliphatic rings. The predicted octanol–water partition coefficient (Wildman–Crippen LogP) is 21.9. The molecule has 0 bridgehead atoms. The van der Waals surface area contributed by atoms with Crippen molar-refractivity contribution in [3.63, 3.8) is 0 Å². The highest BCUT2D eigenvalue weighted by Gasteiger charge is 2.30. The number of carbonyl (C=O) groups excluding carboxylic acids is 4. The van der Waals surface area contributed by atoms with Crippen molar-refractivity contribution in [1.82, 2.24) is 0 Å². The second-order valence-corrected chi connectivity index (χ2v) is 30.7. The standard InChI is InChI=1S/C75H146O17P2/c1-7-10-12-14-16-18-20-22-26-30-34-38-45-51-57-72(77)85-63-70(91-74(79)60-54-48-40-36-32-28-24-25-29-33-37-43-49-55-67(4)5)65-89-93(81,82)87-61-69(76)62-88-94(83,84)90-66-71(64-86-73(78)58-52-46-42-41-44-50-56-68(6)9-3)92-75(80)59-53-47-39-35-31-27-23-21-19-17-15-13-11-8-2/h67-71,76H,7-66H2,1-6H3,(H,81,82)(H,83,84)/t68?,69-,70-,71-/m1/s1. The van der Waals surface area contributed by atoms with E-state index in [0.717, 1.165) is 108 Å². The number of ether oxygens (including phenoxy) is 4. The van der Waals surface area contributed by atoms with Crippen molar-refractivity contribution in [3.05, 3.63) is 0 Å². The van der Waals surface area contributed by atoms with Crippen molar-refractivity contribution in [2.24, 2.45) is 11.8 Å². The van der Waals surface area contributed by atoms with Gasteiger partial charge >= 0.3 is 39.5 Å². The maximum atomic E-state index is 13.1. The Hall–Kier alpha value is -1.94. The van der Waals surface area contributed by atoms with E-state index >= 15 is 0 Å². The fourth-order valence-corrected chi connectivity index (χ4v) is 13.0. The van der Waals surface area contributed by atoms with Crippen LogP contribution in [-0.2, 0) is 65.4 Å². The van der Waals surface area contributed by atoms with Crippen LogP contribution in [0.4, 0.5) is 0 Å². The first-order chi connectivity index (χ1) is 45.4. The van der Waals surface area contributed by atoms with E-state index in [-0.39, 0.29) is 25.7 Å². The number of esters is 4. The SMILES string of the molecule is CCCCCCCCCCCCCCCCC(=O)OC[C@H](COP(=O)(O)OC[C@@H](O)COP(=O)(O)OC[C@@H](COC(=O)CCCCCCCCC(C)CC)OC(=O)CCCCCCCCCCCCCCCC)OC(=O)CCCCCCCCCCCCCCCC(C)C. The molecule has 0 fully saturated rings. The van der Waals surface area contributed by atoms with E-state index in [1.807, 2.05) is 0 Å². The normalized spacial score (nSPS) is 14.3. The van der Waals surface area contributed by atoms with E-state index in [4.69, 9.17) is 37.0 Å². The highest BCUT2D eigenvalue weighted by Crippen LogP contribution is 2.45. The lowest BCUT2D eigenvalue weighted by atomic mass is 10.00. The Morgan fingerprint density at radius 2 is 0.543 bits per heavy atom. The number of hydrogen-bond donors (Lipinski definition) is 3. The molecule has 0 aromatic carbocycles. The van der Waals surface area contributed by atoms with E-state index in [1.54, 1.807) is 0 Å². The number of aliphatic hydroxyl groups is 1. The number of phosphoric acid groups is 2. The topological polar surface area (TPSA) is 237 Å². The zero-order valence-electron chi connectivity index (χ0n) is 61.3. The zero-order chi connectivity index (χ0) is 69.3. The first kappa shape index (κ1) is 92.1. The second-order valence-electron chi connectivity index (χ2n) is 27.8. The van der Waals surface area contributed by atoms with Gasteiger partial charge in [-0.25, -0.2) is 9.13 Å². The first-order valence-electron chi connectivity index (χ1n) is 39.0. The van der Waals surface area contributed by atoms with Gasteiger partial charge in [0.1, 0.15) is 19.3 Å². The molecule has 0 amide bonds. The van der Waals surface area contributed by atoms with Gasteiger partial charge in [0, 0.05) is 25.7 Å². The van der Waals surface area contributed by atoms with E-state index in [0.29, 0.717) is 25.7 Å². The summed E-state index contributed by atoms with van der Waals surface area (Å²) in [6.07, 6.45) is 54.0. The highest BCUT2D eigenvalue weighted by atomic mass is 31.2. The van der Waals surface area contributed by atoms with Crippen LogP contribution >= 0.6 is 15.6 Å². The number of phosphoric ester groups is 2. The lowest BCUT2D eigenvalue weighted by Crippen LogP contribution is -2.30. The summed E-state index contributed by atoms with van der Waals surface area (Å²) in [7, 11) is -9.91. The van der Waals surface area contributed by atoms with Crippen LogP contribution in [0.1, 0.15) is 388 Å². The Labute approximate surface area is 575 Å². The van der Waals surface area contributed by atoms with E-state index in [9.17, 15) is 43.2 Å². The summed E-state index contributed by atoms with van der Waals surface area (Å²) in [6, 6.07) is 0. The van der Waals surface area contributed by atoms with Crippen LogP contribution in [0.5, 0.6) is 0 Å². The second kappa shape index (κ2) is 66.9. The molecule has 17 nitrogen and oxygen atoms in total. The number of unbranched alkanes of at least 4 members (excludes halogenated alkanes) is 43. The summed E-state index contributed by atoms with van der Waals surface area (Å²) in [5.41, 5.74) is 0. The summed E-state index contributed by atoms with van der Waals surface area (Å²) in [5, 5.41) is 10.6. The van der Waals surface area contributed by atoms with Crippen LogP contribution in [0.15, 0.2) is 0 Å². The Morgan fingerprint density at radius 3 is 0.809 bits per heavy atom. The van der Waals surface area contributed by atoms with Gasteiger partial charge in [-0.05, 0) is 37.5 Å². The molecule has 0 rings (SSSR count). The monoisotopic (exact) mass is 1380 g/mol. The third-order valence-electron chi connectivity index (χ3n) is 17.8. The third-order valence-corrected chi connectivity index (χ3v) is 19.7. The molecule has 94 heavy (non-hydrogen) atoms. The molecule has 0 saturated heterocycles. The maximum Gasteiger partial charge on any atom is 0.472 e. The van der Waals surface area contributed by atoms with Crippen LogP contribution in [-0.4, -0.2) is 96.7 Å². The van der Waals surface area contributed by atoms with Crippen LogP contribution < -0.4 is 0 Å². The largest absolute Gasteiger partial charge is 0.472 e. The molecule has 0 saturated carbocycles. The molecule has 558 valence electrons. The van der Waals surface area contributed by atoms with Crippen LogP contribution in [0, 0.1) is 11.8 Å². The molecule has 3 unspecified atom stereocenters. The fraction of sp³-hybridized carbons (Fsp3) is 0.947. The lowest BCUT2D eigenvalue weighted by Gasteiger charge is -2.21. The summed E-state index contributed by atoms with van der Waals surface area (Å²) in [4.78, 5) is 72.8. The van der Waals surface area contributed by atoms with Gasteiger partial charge in [0.25, 0.3) is 0 Å². The number of rotatable bonds is 74. The van der Waals surface area contributed by atoms with Crippen molar-refractivity contribution in [1.29, 1.82) is 0 Å². The minimum Gasteiger partial charge on any atom is -0.462 e. The molecule has 0 radical (unpaired) electrons. The summed E-state index contributed by atoms with van der Waals surface area (Å²) >= 11 is 0. The van der Waals surface area contributed by atoms with E-state index in [1.165, 1.54) is 199 Å². The van der Waals surface area contributed by atoms with E-state index in [2.05, 4.69) is 41.5 Å². The summed E-state index contributed by atoms with van der Waals surface area (Å²) in [6.45, 7) is 9.57. The van der Waals surface area contributed by atoms with Crippen molar-refractivity contribution >= 4 is 39.5 Å². The molecule has 3 N–H and O–H groups in total. The Morgan fingerprint density at radius 1 is 0.309 bits per heavy atom. The lowest BCUT2D eigenvalue weighted by molar-refractivity contribution is -0.161. The Kier molecular flexibility index (Phi) is 65.5. The maximum absolute atomic E-state index is 13.1. The van der Waals surface area contributed by atoms with Gasteiger partial charge in [0.15, 0.2) is 12.2 Å². The average Bonchev–Trinajstić information content (AvgIpc) is 2.67. The average molecular weight is 1380 g/mol. The smallest absolute Gasteiger partial charge is 0.462 e. The quantitative estimate of drug-likeness (QED) is 0.0222. The van der Waals surface area contributed by atoms with Gasteiger partial charge in [-0.3, -0.25) is 37.3 Å². The highest BCUT2D eigenvalue weighted by molar-refractivity contribution is 7.47. The molecule has 0 aromatic rings. The Balaban J connectivity index is 5.26. The minimum absolute atomic E-state index is 0.107. The van der Waals surface area contributed by atoms with Crippen molar-refractivity contribution in [2.45, 2.75) is 407 Å². The van der Waals surface area contributed by atoms with Gasteiger partial charge in [0.05, 0.1) is 26.4 Å². The van der Waals surface area contributed by atoms with Crippen molar-refractivity contribution < 1.29 is 80.2 Å². The van der Waals surface area contributed by atoms with Gasteiger partial charge < -0.3 is 33.8 Å². The molecule has 0 spiro atoms. The van der Waals surface area contributed by atoms with Gasteiger partial charge in [-0.1, -0.05) is 337 Å². The molecule has 19 heteroatoms. The number of aliphatic hydroxyl groups excluding tert-OH is 1. The minimum atomic E-state index is -4.96. The number of carbonyl (C=O) groups is 4.